The molecule has 1 atom stereocenters. The Morgan fingerprint density at radius 1 is 1.47 bits per heavy atom. The molecular weight excluding hydrogens is 233 g/mol. The van der Waals surface area contributed by atoms with Crippen LogP contribution in [-0.2, 0) is 9.59 Å². The standard InChI is InChI=1S/C8H7F3O3S/c1-2-3-5(12)4(7(14)15-3)6(13)8(9,10)11/h3,13H,2H2,1H3. The number of aliphatic hydroxyl groups is 1. The van der Waals surface area contributed by atoms with Gasteiger partial charge in [0.05, 0.1) is 5.25 Å². The van der Waals surface area contributed by atoms with E-state index < -0.39 is 33.7 Å². The number of aliphatic hydroxyl groups excluding tert-OH is 1. The summed E-state index contributed by atoms with van der Waals surface area (Å²) < 4.78 is 36.2. The maximum absolute atomic E-state index is 12.1. The van der Waals surface area contributed by atoms with Crippen LogP contribution < -0.4 is 0 Å². The molecule has 1 unspecified atom stereocenters. The Morgan fingerprint density at radius 2 is 2.00 bits per heavy atom. The Morgan fingerprint density at radius 3 is 2.33 bits per heavy atom. The summed E-state index contributed by atoms with van der Waals surface area (Å²) in [6, 6.07) is 0. The predicted molar refractivity (Wildman–Crippen MR) is 47.4 cm³/mol. The van der Waals surface area contributed by atoms with Gasteiger partial charge in [-0.05, 0) is 6.42 Å². The van der Waals surface area contributed by atoms with Gasteiger partial charge in [-0.25, -0.2) is 0 Å². The number of allylic oxidation sites excluding steroid dienone is 1. The van der Waals surface area contributed by atoms with Gasteiger partial charge in [-0.3, -0.25) is 9.59 Å². The molecule has 0 aromatic rings. The Hall–Kier alpha value is -0.980. The van der Waals surface area contributed by atoms with Crippen LogP contribution in [0.5, 0.6) is 0 Å². The van der Waals surface area contributed by atoms with Crippen LogP contribution in [-0.4, -0.2) is 27.4 Å². The van der Waals surface area contributed by atoms with E-state index in [1.807, 2.05) is 0 Å². The third-order valence-electron chi connectivity index (χ3n) is 1.87. The van der Waals surface area contributed by atoms with Gasteiger partial charge in [-0.1, -0.05) is 18.7 Å². The van der Waals surface area contributed by atoms with Gasteiger partial charge in [-0.2, -0.15) is 13.2 Å². The van der Waals surface area contributed by atoms with Crippen molar-refractivity contribution in [3.05, 3.63) is 11.3 Å². The van der Waals surface area contributed by atoms with Gasteiger partial charge < -0.3 is 5.11 Å². The minimum absolute atomic E-state index is 0.254. The van der Waals surface area contributed by atoms with Crippen LogP contribution in [0.15, 0.2) is 11.3 Å². The summed E-state index contributed by atoms with van der Waals surface area (Å²) in [6.07, 6.45) is -4.80. The zero-order valence-electron chi connectivity index (χ0n) is 7.59. The Kier molecular flexibility index (Phi) is 3.13. The summed E-state index contributed by atoms with van der Waals surface area (Å²) in [6.45, 7) is 1.58. The average Bonchev–Trinajstić information content (AvgIpc) is 2.39. The van der Waals surface area contributed by atoms with Gasteiger partial charge in [0.2, 0.25) is 10.9 Å². The van der Waals surface area contributed by atoms with Crippen molar-refractivity contribution in [1.29, 1.82) is 0 Å². The fourth-order valence-corrected chi connectivity index (χ4v) is 2.09. The number of carbonyl (C=O) groups is 2. The van der Waals surface area contributed by atoms with Gasteiger partial charge in [0.15, 0.2) is 5.78 Å². The van der Waals surface area contributed by atoms with Crippen molar-refractivity contribution in [3.8, 4) is 0 Å². The molecule has 3 nitrogen and oxygen atoms in total. The van der Waals surface area contributed by atoms with E-state index in [4.69, 9.17) is 5.11 Å². The van der Waals surface area contributed by atoms with E-state index in [0.29, 0.717) is 11.8 Å². The highest BCUT2D eigenvalue weighted by Gasteiger charge is 2.46. The quantitative estimate of drug-likeness (QED) is 0.432. The SMILES string of the molecule is CCC1SC(=O)C(=C(O)C(F)(F)F)C1=O. The number of thioether (sulfide) groups is 1. The van der Waals surface area contributed by atoms with Crippen molar-refractivity contribution < 1.29 is 27.9 Å². The highest BCUT2D eigenvalue weighted by molar-refractivity contribution is 8.16. The zero-order valence-corrected chi connectivity index (χ0v) is 8.41. The monoisotopic (exact) mass is 240 g/mol. The van der Waals surface area contributed by atoms with Crippen LogP contribution in [0, 0.1) is 0 Å². The molecule has 0 bridgehead atoms. The normalized spacial score (nSPS) is 26.0. The molecule has 1 N–H and O–H groups in total. The lowest BCUT2D eigenvalue weighted by atomic mass is 10.1. The van der Waals surface area contributed by atoms with Crippen LogP contribution in [0.4, 0.5) is 13.2 Å². The number of hydrogen-bond acceptors (Lipinski definition) is 4. The molecule has 1 aliphatic rings. The highest BCUT2D eigenvalue weighted by atomic mass is 32.2. The molecule has 0 aromatic heterocycles. The first kappa shape index (κ1) is 12.1. The molecule has 7 heteroatoms. The third-order valence-corrected chi connectivity index (χ3v) is 3.12. The first-order valence-corrected chi connectivity index (χ1v) is 4.92. The van der Waals surface area contributed by atoms with E-state index in [9.17, 15) is 22.8 Å². The molecule has 1 saturated heterocycles. The van der Waals surface area contributed by atoms with Gasteiger partial charge >= 0.3 is 6.18 Å². The molecule has 0 aliphatic carbocycles. The van der Waals surface area contributed by atoms with Crippen molar-refractivity contribution in [2.75, 3.05) is 0 Å². The molecule has 0 radical (unpaired) electrons. The molecule has 84 valence electrons. The van der Waals surface area contributed by atoms with Crippen LogP contribution in [0.1, 0.15) is 13.3 Å². The first-order chi connectivity index (χ1) is 6.79. The molecule has 15 heavy (non-hydrogen) atoms. The van der Waals surface area contributed by atoms with Crippen molar-refractivity contribution >= 4 is 22.7 Å². The number of rotatable bonds is 1. The smallest absolute Gasteiger partial charge is 0.449 e. The third kappa shape index (κ3) is 2.17. The Balaban J connectivity index is 3.17. The number of halogens is 3. The van der Waals surface area contributed by atoms with Crippen LogP contribution in [0.3, 0.4) is 0 Å². The second-order valence-corrected chi connectivity index (χ2v) is 4.06. The van der Waals surface area contributed by atoms with Gasteiger partial charge in [0.1, 0.15) is 5.57 Å². The highest BCUT2D eigenvalue weighted by Crippen LogP contribution is 2.37. The van der Waals surface area contributed by atoms with Crippen LogP contribution >= 0.6 is 11.8 Å². The Bertz CT molecular complexity index is 346. The van der Waals surface area contributed by atoms with Crippen molar-refractivity contribution in [2.45, 2.75) is 24.8 Å². The summed E-state index contributed by atoms with van der Waals surface area (Å²) in [4.78, 5) is 22.3. The lowest BCUT2D eigenvalue weighted by molar-refractivity contribution is -0.129. The minimum atomic E-state index is -5.05. The number of alkyl halides is 3. The summed E-state index contributed by atoms with van der Waals surface area (Å²) in [5, 5.41) is 6.92. The molecule has 1 fully saturated rings. The maximum atomic E-state index is 12.1. The molecule has 0 spiro atoms. The van der Waals surface area contributed by atoms with Gasteiger partial charge in [0, 0.05) is 0 Å². The second-order valence-electron chi connectivity index (χ2n) is 2.89. The Labute approximate surface area is 87.3 Å². The van der Waals surface area contributed by atoms with Gasteiger partial charge in [-0.15, -0.1) is 0 Å². The van der Waals surface area contributed by atoms with Gasteiger partial charge in [0.25, 0.3) is 0 Å². The van der Waals surface area contributed by atoms with E-state index in [1.165, 1.54) is 0 Å². The number of Topliss-reactive ketones (excluding diaryl/α,β-unsaturated/α-hetero) is 1. The molecule has 1 rings (SSSR count). The van der Waals surface area contributed by atoms with Crippen molar-refractivity contribution in [1.82, 2.24) is 0 Å². The fourth-order valence-electron chi connectivity index (χ4n) is 1.13. The second kappa shape index (κ2) is 3.88. The topological polar surface area (TPSA) is 54.4 Å². The molecule has 0 saturated carbocycles. The first-order valence-electron chi connectivity index (χ1n) is 4.04. The minimum Gasteiger partial charge on any atom is -0.504 e. The summed E-state index contributed by atoms with van der Waals surface area (Å²) >= 11 is 0.520. The number of hydrogen-bond donors (Lipinski definition) is 1. The van der Waals surface area contributed by atoms with Crippen molar-refractivity contribution in [3.63, 3.8) is 0 Å². The van der Waals surface area contributed by atoms with Crippen LogP contribution in [0.25, 0.3) is 0 Å². The molecule has 0 aromatic carbocycles. The van der Waals surface area contributed by atoms with E-state index in [-0.39, 0.29) is 6.42 Å². The van der Waals surface area contributed by atoms with E-state index in [2.05, 4.69) is 0 Å². The largest absolute Gasteiger partial charge is 0.504 e. The van der Waals surface area contributed by atoms with Crippen LogP contribution in [0.2, 0.25) is 0 Å². The lowest BCUT2D eigenvalue weighted by Gasteiger charge is -2.06. The summed E-state index contributed by atoms with van der Waals surface area (Å²) in [7, 11) is 0. The average molecular weight is 240 g/mol. The zero-order chi connectivity index (χ0) is 11.8. The number of ketones is 1. The molecule has 1 aliphatic heterocycles. The van der Waals surface area contributed by atoms with E-state index >= 15 is 0 Å². The van der Waals surface area contributed by atoms with E-state index in [1.54, 1.807) is 6.92 Å². The fraction of sp³-hybridized carbons (Fsp3) is 0.500. The molecule has 0 amide bonds. The summed E-state index contributed by atoms with van der Waals surface area (Å²) in [5.74, 6) is -3.02. The molecule has 1 heterocycles. The number of carbonyl (C=O) groups excluding carboxylic acids is 2. The molecular formula is C8H7F3O3S. The maximum Gasteiger partial charge on any atom is 0.449 e. The predicted octanol–water partition coefficient (Wildman–Crippen LogP) is 1.98. The van der Waals surface area contributed by atoms with E-state index in [0.717, 1.165) is 0 Å². The van der Waals surface area contributed by atoms with Crippen molar-refractivity contribution in [2.24, 2.45) is 0 Å². The summed E-state index contributed by atoms with van der Waals surface area (Å²) in [5.41, 5.74) is -1.13. The lowest BCUT2D eigenvalue weighted by Crippen LogP contribution is -2.20.